The van der Waals surface area contributed by atoms with Crippen molar-refractivity contribution in [1.82, 2.24) is 9.80 Å². The number of carbonyl (C=O) groups excluding carboxylic acids is 3. The van der Waals surface area contributed by atoms with Crippen LogP contribution in [0.2, 0.25) is 0 Å². The zero-order valence-corrected chi connectivity index (χ0v) is 64.0. The van der Waals surface area contributed by atoms with E-state index in [1.807, 2.05) is 83.1 Å². The number of hydrogen-bond donors (Lipinski definition) is 1. The summed E-state index contributed by atoms with van der Waals surface area (Å²) in [7, 11) is 0.158. The van der Waals surface area contributed by atoms with Gasteiger partial charge in [-0.05, 0) is 189 Å². The molecule has 0 radical (unpaired) electrons. The molecule has 5 rings (SSSR count). The Balaban J connectivity index is 0.000000626. The highest BCUT2D eigenvalue weighted by molar-refractivity contribution is 9.10. The molecule has 15 nitrogen and oxygen atoms in total. The maximum Gasteiger partial charge on any atom is 0.253 e. The topological polar surface area (TPSA) is 198 Å². The van der Waals surface area contributed by atoms with Crippen LogP contribution in [0, 0.1) is 22.1 Å². The Bertz CT molecular complexity index is 3640. The van der Waals surface area contributed by atoms with Crippen molar-refractivity contribution in [3.8, 4) is 28.7 Å². The largest absolute Gasteiger partial charge is 0.489 e. The number of ether oxygens (including phenoxy) is 5. The molecule has 0 fully saturated rings. The van der Waals surface area contributed by atoms with Gasteiger partial charge in [0.2, 0.25) is 0 Å². The minimum absolute atomic E-state index is 0.000789. The third-order valence-electron chi connectivity index (χ3n) is 13.6. The number of benzene rings is 5. The molecule has 0 aliphatic heterocycles. The van der Waals surface area contributed by atoms with Crippen LogP contribution in [0.3, 0.4) is 0 Å². The molecule has 2 N–H and O–H groups in total. The highest BCUT2D eigenvalue weighted by atomic mass is 79.9. The van der Waals surface area contributed by atoms with E-state index in [0.29, 0.717) is 136 Å². The molecular weight excluding hydrogens is 1400 g/mol. The van der Waals surface area contributed by atoms with Gasteiger partial charge in [-0.1, -0.05) is 90.0 Å². The lowest BCUT2D eigenvalue weighted by molar-refractivity contribution is 0.0820. The molecule has 0 heterocycles. The van der Waals surface area contributed by atoms with Gasteiger partial charge in [-0.3, -0.25) is 14.4 Å². The number of sulfone groups is 2. The van der Waals surface area contributed by atoms with E-state index in [2.05, 4.69) is 15.9 Å². The van der Waals surface area contributed by atoms with Crippen molar-refractivity contribution >= 4 is 53.2 Å². The quantitative estimate of drug-likeness (QED) is 0.0367. The molecule has 0 saturated heterocycles. The second kappa shape index (κ2) is 44.6. The van der Waals surface area contributed by atoms with E-state index in [0.717, 1.165) is 0 Å². The molecule has 0 atom stereocenters. The smallest absolute Gasteiger partial charge is 0.253 e. The minimum Gasteiger partial charge on any atom is -0.489 e. The second-order valence-corrected chi connectivity index (χ2v) is 31.7. The third-order valence-corrected chi connectivity index (χ3v) is 18.7. The fraction of sp³-hybridized carbons (Fsp3) is 0.434. The van der Waals surface area contributed by atoms with Gasteiger partial charge >= 0.3 is 0 Å². The van der Waals surface area contributed by atoms with Crippen molar-refractivity contribution in [3.05, 3.63) is 196 Å². The standard InChI is InChI=1S/C17H22F2O2.2C16H23FO3S.C14H17BrFNO2.C13H17FN2O2/c1-5-12(10-18)11-21-16-7-6-13(8-14(16)19)15(20)9-17(2,3)4;2*1-5-13(10-17)11-20-14-6-8-15(9-7-14)21(18,19)12-16(2,3)4;1-4-10(8-16)9-19-13-6-5-11(7-12(13)15)14(18)17(2)3;1-16(2)13(17)11-3-5-12(6-4-11)18-9-10(7-14)8-15/h6-8,10H,5,9,11H2,1-4H3;2*6-10H,5,11-12H2,1-4H3;5-8H,4,9H2,1-3H3;3-7H,8-9,15H2,1-2H3/b12-10+;13-10+;13-10-;10-8-;10-7-. The van der Waals surface area contributed by atoms with Crippen LogP contribution in [0.5, 0.6) is 28.7 Å². The molecule has 2 amide bonds. The van der Waals surface area contributed by atoms with Gasteiger partial charge in [0.15, 0.2) is 37.0 Å². The molecule has 0 spiro atoms. The summed E-state index contributed by atoms with van der Waals surface area (Å²) in [5.74, 6) is 1.54. The summed E-state index contributed by atoms with van der Waals surface area (Å²) < 4.78 is 152. The van der Waals surface area contributed by atoms with Gasteiger partial charge in [-0.2, -0.15) is 0 Å². The SMILES string of the molecule is CC/C(=C/F)COc1ccc(C(=O)N(C)C)cc1Br.CC/C(=C/F)COc1ccc(S(=O)(=O)CC(C)(C)C)cc1.CC/C(=C\F)COc1ccc(C(=O)CC(C)(C)C)cc1F.CC/C(=C\F)COc1ccc(S(=O)(=O)CC(C)(C)C)cc1.CN(C)C(=O)c1ccc(OC/C(=C\F)CN)cc1. The number of hydrogen-bond acceptors (Lipinski definition) is 13. The van der Waals surface area contributed by atoms with Gasteiger partial charge in [-0.25, -0.2) is 43.2 Å². The van der Waals surface area contributed by atoms with E-state index in [4.69, 9.17) is 29.4 Å². The number of halogens is 7. The summed E-state index contributed by atoms with van der Waals surface area (Å²) in [5.41, 5.74) is 8.56. The normalized spacial score (nSPS) is 12.3. The van der Waals surface area contributed by atoms with Crippen LogP contribution in [0.1, 0.15) is 153 Å². The number of Topliss-reactive ketones (excluding diaryl/α,β-unsaturated/α-hetero) is 1. The van der Waals surface area contributed by atoms with Gasteiger partial charge in [-0.15, -0.1) is 0 Å². The second-order valence-electron chi connectivity index (χ2n) is 26.9. The summed E-state index contributed by atoms with van der Waals surface area (Å²) in [4.78, 5) is 39.0. The van der Waals surface area contributed by atoms with E-state index in [-0.39, 0.29) is 100 Å². The third kappa shape index (κ3) is 35.6. The molecule has 0 aliphatic carbocycles. The zero-order chi connectivity index (χ0) is 76.2. The van der Waals surface area contributed by atoms with Crippen molar-refractivity contribution in [1.29, 1.82) is 0 Å². The first-order valence-corrected chi connectivity index (χ1v) is 36.4. The summed E-state index contributed by atoms with van der Waals surface area (Å²) in [6, 6.07) is 28.4. The summed E-state index contributed by atoms with van der Waals surface area (Å²) in [6.07, 6.45) is 5.18. The van der Waals surface area contributed by atoms with Crippen LogP contribution in [0.15, 0.2) is 183 Å². The van der Waals surface area contributed by atoms with Crippen LogP contribution >= 0.6 is 15.9 Å². The molecule has 5 aromatic rings. The Morgan fingerprint density at radius 2 is 0.750 bits per heavy atom. The highest BCUT2D eigenvalue weighted by Crippen LogP contribution is 2.30. The van der Waals surface area contributed by atoms with E-state index in [1.54, 1.807) is 102 Å². The van der Waals surface area contributed by atoms with Crippen molar-refractivity contribution in [2.75, 3.05) is 79.3 Å². The lowest BCUT2D eigenvalue weighted by atomic mass is 9.88. The van der Waals surface area contributed by atoms with Gasteiger partial charge < -0.3 is 39.2 Å². The van der Waals surface area contributed by atoms with Gasteiger partial charge in [0.05, 0.1) is 57.4 Å². The Labute approximate surface area is 598 Å². The Kier molecular flexibility index (Phi) is 40.2. The van der Waals surface area contributed by atoms with Crippen LogP contribution in [-0.4, -0.2) is 124 Å². The maximum absolute atomic E-state index is 13.9. The number of rotatable bonds is 28. The van der Waals surface area contributed by atoms with Crippen molar-refractivity contribution < 1.29 is 81.2 Å². The van der Waals surface area contributed by atoms with E-state index in [1.165, 1.54) is 52.3 Å². The number of nitrogens with zero attached hydrogens (tertiary/aromatic N) is 2. The molecule has 24 heteroatoms. The van der Waals surface area contributed by atoms with Crippen molar-refractivity contribution in [3.63, 3.8) is 0 Å². The monoisotopic (exact) mass is 1510 g/mol. The molecular formula is C76H102BrF6N3O12S2. The first kappa shape index (κ1) is 90.3. The predicted octanol–water partition coefficient (Wildman–Crippen LogP) is 18.8. The lowest BCUT2D eigenvalue weighted by Crippen LogP contribution is -2.21. The van der Waals surface area contributed by atoms with Gasteiger partial charge in [0, 0.05) is 63.4 Å². The van der Waals surface area contributed by atoms with E-state index < -0.39 is 25.5 Å². The summed E-state index contributed by atoms with van der Waals surface area (Å²) >= 11 is 3.35. The molecule has 100 heavy (non-hydrogen) atoms. The van der Waals surface area contributed by atoms with Crippen LogP contribution in [0.4, 0.5) is 26.3 Å². The van der Waals surface area contributed by atoms with Gasteiger partial charge in [0.1, 0.15) is 56.0 Å². The Morgan fingerprint density at radius 1 is 0.440 bits per heavy atom. The molecule has 0 bridgehead atoms. The zero-order valence-electron chi connectivity index (χ0n) is 60.8. The minimum atomic E-state index is -3.30. The number of amides is 2. The van der Waals surface area contributed by atoms with Crippen LogP contribution in [0.25, 0.3) is 0 Å². The fourth-order valence-electron chi connectivity index (χ4n) is 7.98. The first-order chi connectivity index (χ1) is 46.7. The highest BCUT2D eigenvalue weighted by Gasteiger charge is 2.25. The van der Waals surface area contributed by atoms with Gasteiger partial charge in [0.25, 0.3) is 11.8 Å². The Hall–Kier alpha value is -7.67. The van der Waals surface area contributed by atoms with E-state index >= 15 is 0 Å². The molecule has 0 unspecified atom stereocenters. The molecule has 554 valence electrons. The van der Waals surface area contributed by atoms with Crippen LogP contribution < -0.4 is 29.4 Å². The molecule has 5 aromatic carbocycles. The number of nitrogens with two attached hydrogens (primary N) is 1. The first-order valence-electron chi connectivity index (χ1n) is 32.3. The van der Waals surface area contributed by atoms with Crippen molar-refractivity contribution in [2.24, 2.45) is 22.0 Å². The summed E-state index contributed by atoms with van der Waals surface area (Å²) in [5, 5.41) is 0. The van der Waals surface area contributed by atoms with Crippen molar-refractivity contribution in [2.45, 2.75) is 132 Å². The average Bonchev–Trinajstić information content (AvgIpc) is 0.844. The average molecular weight is 1510 g/mol. The Morgan fingerprint density at radius 3 is 1.06 bits per heavy atom. The molecule has 0 aliphatic rings. The maximum atomic E-state index is 13.9. The molecule has 0 aromatic heterocycles. The predicted molar refractivity (Wildman–Crippen MR) is 391 cm³/mol. The number of carbonyl (C=O) groups is 3. The number of ketones is 1. The fourth-order valence-corrected chi connectivity index (χ4v) is 12.2. The van der Waals surface area contributed by atoms with E-state index in [9.17, 15) is 57.6 Å². The molecule has 0 saturated carbocycles. The lowest BCUT2D eigenvalue weighted by Gasteiger charge is -2.18. The summed E-state index contributed by atoms with van der Waals surface area (Å²) in [6.45, 7) is 25.3. The van der Waals surface area contributed by atoms with Crippen LogP contribution in [-0.2, 0) is 19.7 Å².